The maximum Gasteiger partial charge on any atom is 0.158 e. The predicted octanol–water partition coefficient (Wildman–Crippen LogP) is 5.04. The molecule has 2 N–H and O–H groups in total. The average Bonchev–Trinajstić information content (AvgIpc) is 2.65. The molecule has 156 valence electrons. The van der Waals surface area contributed by atoms with E-state index in [2.05, 4.69) is 57.7 Å². The van der Waals surface area contributed by atoms with Crippen molar-refractivity contribution in [1.82, 2.24) is 4.90 Å². The van der Waals surface area contributed by atoms with E-state index in [1.807, 2.05) is 0 Å². The van der Waals surface area contributed by atoms with Crippen molar-refractivity contribution in [2.24, 2.45) is 17.6 Å². The Hall–Kier alpha value is -1.13. The number of ketones is 1. The summed E-state index contributed by atoms with van der Waals surface area (Å²) in [5, 5.41) is 0. The minimum absolute atomic E-state index is 0.0121. The lowest BCUT2D eigenvalue weighted by molar-refractivity contribution is -0.140. The lowest BCUT2D eigenvalue weighted by Crippen LogP contribution is -2.51. The lowest BCUT2D eigenvalue weighted by atomic mass is 9.90. The second-order valence-corrected chi connectivity index (χ2v) is 8.05. The highest BCUT2D eigenvalue weighted by molar-refractivity contribution is 5.79. The fourth-order valence-corrected chi connectivity index (χ4v) is 3.83. The van der Waals surface area contributed by atoms with Crippen LogP contribution in [0.1, 0.15) is 79.6 Å². The highest BCUT2D eigenvalue weighted by Crippen LogP contribution is 2.30. The number of unbranched alkanes of at least 4 members (excludes halogenated alkanes) is 2. The summed E-state index contributed by atoms with van der Waals surface area (Å²) in [6, 6.07) is 0.200. The second-order valence-electron chi connectivity index (χ2n) is 8.05. The molecule has 1 rings (SSSR count). The van der Waals surface area contributed by atoms with Crippen LogP contribution in [0.5, 0.6) is 0 Å². The topological polar surface area (TPSA) is 55.6 Å². The molecule has 1 aliphatic rings. The summed E-state index contributed by atoms with van der Waals surface area (Å²) in [5.74, 6) is 1.06. The Labute approximate surface area is 167 Å². The summed E-state index contributed by atoms with van der Waals surface area (Å²) in [5.41, 5.74) is 7.27. The van der Waals surface area contributed by atoms with Gasteiger partial charge in [0, 0.05) is 30.6 Å². The van der Waals surface area contributed by atoms with Crippen LogP contribution in [0.4, 0.5) is 0 Å². The van der Waals surface area contributed by atoms with Gasteiger partial charge in [-0.05, 0) is 38.5 Å². The van der Waals surface area contributed by atoms with E-state index in [0.29, 0.717) is 12.3 Å². The van der Waals surface area contributed by atoms with Crippen LogP contribution in [-0.4, -0.2) is 36.1 Å². The molecule has 1 aliphatic heterocycles. The van der Waals surface area contributed by atoms with Crippen LogP contribution in [0.15, 0.2) is 23.9 Å². The molecular weight excluding hydrogens is 336 g/mol. The molecule has 27 heavy (non-hydrogen) atoms. The Morgan fingerprint density at radius 2 is 2.07 bits per heavy atom. The molecule has 0 spiro atoms. The molecule has 4 atom stereocenters. The summed E-state index contributed by atoms with van der Waals surface area (Å²) in [6.07, 6.45) is 13.4. The normalized spacial score (nSPS) is 24.3. The third-order valence-electron chi connectivity index (χ3n) is 5.60. The van der Waals surface area contributed by atoms with Gasteiger partial charge in [0.15, 0.2) is 5.78 Å². The van der Waals surface area contributed by atoms with Crippen LogP contribution in [0.25, 0.3) is 0 Å². The first kappa shape index (κ1) is 23.9. The van der Waals surface area contributed by atoms with E-state index in [-0.39, 0.29) is 30.6 Å². The third-order valence-corrected chi connectivity index (χ3v) is 5.60. The smallest absolute Gasteiger partial charge is 0.158 e. The molecule has 0 aromatic rings. The van der Waals surface area contributed by atoms with Gasteiger partial charge in [0.1, 0.15) is 12.8 Å². The van der Waals surface area contributed by atoms with Crippen LogP contribution in [0, 0.1) is 11.8 Å². The zero-order valence-electron chi connectivity index (χ0n) is 18.2. The quantitative estimate of drug-likeness (QED) is 0.382. The van der Waals surface area contributed by atoms with Crippen molar-refractivity contribution < 1.29 is 9.53 Å². The number of nitrogens with zero attached hydrogens (tertiary/aromatic N) is 1. The highest BCUT2D eigenvalue weighted by Gasteiger charge is 2.34. The van der Waals surface area contributed by atoms with Gasteiger partial charge in [0.25, 0.3) is 0 Å². The molecule has 1 saturated heterocycles. The molecule has 0 aromatic carbocycles. The number of hydrogen-bond donors (Lipinski definition) is 1. The number of allylic oxidation sites excluding steroid dienone is 2. The van der Waals surface area contributed by atoms with Crippen molar-refractivity contribution in [2.75, 3.05) is 13.2 Å². The van der Waals surface area contributed by atoms with E-state index in [1.165, 1.54) is 0 Å². The number of Topliss-reactive ketones (excluding diaryl/α,β-unsaturated/α-hetero) is 1. The molecule has 0 bridgehead atoms. The van der Waals surface area contributed by atoms with Crippen LogP contribution in [-0.2, 0) is 9.53 Å². The van der Waals surface area contributed by atoms with Gasteiger partial charge < -0.3 is 10.5 Å². The van der Waals surface area contributed by atoms with Crippen LogP contribution in [0.3, 0.4) is 0 Å². The molecule has 0 unspecified atom stereocenters. The number of likely N-dealkylation sites (tertiary alicyclic amines) is 1. The van der Waals surface area contributed by atoms with E-state index in [0.717, 1.165) is 50.8 Å². The maximum absolute atomic E-state index is 12.2. The van der Waals surface area contributed by atoms with Crippen molar-refractivity contribution in [3.63, 3.8) is 0 Å². The molecule has 0 aromatic heterocycles. The molecule has 4 nitrogen and oxygen atoms in total. The summed E-state index contributed by atoms with van der Waals surface area (Å²) >= 11 is 0. The van der Waals surface area contributed by atoms with Gasteiger partial charge in [-0.3, -0.25) is 9.69 Å². The molecule has 0 saturated carbocycles. The zero-order valence-corrected chi connectivity index (χ0v) is 18.2. The first-order valence-electron chi connectivity index (χ1n) is 10.9. The monoisotopic (exact) mass is 378 g/mol. The first-order chi connectivity index (χ1) is 12.9. The number of carbonyl (C=O) groups is 1. The van der Waals surface area contributed by atoms with Crippen molar-refractivity contribution in [3.8, 4) is 0 Å². The minimum atomic E-state index is -0.0121. The van der Waals surface area contributed by atoms with E-state index in [4.69, 9.17) is 10.5 Å². The Bertz CT molecular complexity index is 487. The standard InChI is InChI=1S/C23H42N2O2/c1-6-9-10-13-20(26)17-27-23-16-18(4)14-15-25(23)22(12-8-3)19(5)21(24)11-7-2/h8,11-12,18-19,22-23H,6-7,9-10,13-17,24H2,1-5H3/b12-8+,21-11-/t18-,19+,22+,23-/m1/s1. The SMILES string of the molecule is C/C=C/[C@@H]([C@@H](C)/C(N)=C/CC)N1CC[C@@H](C)C[C@H]1OCC(=O)CCCCC. The number of rotatable bonds is 12. The largest absolute Gasteiger partial charge is 0.402 e. The minimum Gasteiger partial charge on any atom is -0.402 e. The molecule has 0 radical (unpaired) electrons. The number of ether oxygens (including phenoxy) is 1. The van der Waals surface area contributed by atoms with Crippen molar-refractivity contribution in [3.05, 3.63) is 23.9 Å². The number of piperidine rings is 1. The van der Waals surface area contributed by atoms with E-state index >= 15 is 0 Å². The molecular formula is C23H42N2O2. The Morgan fingerprint density at radius 3 is 2.70 bits per heavy atom. The van der Waals surface area contributed by atoms with Crippen molar-refractivity contribution >= 4 is 5.78 Å². The molecule has 1 fully saturated rings. The summed E-state index contributed by atoms with van der Waals surface area (Å²) < 4.78 is 6.16. The Morgan fingerprint density at radius 1 is 1.33 bits per heavy atom. The maximum atomic E-state index is 12.2. The van der Waals surface area contributed by atoms with Gasteiger partial charge in [-0.15, -0.1) is 0 Å². The van der Waals surface area contributed by atoms with Gasteiger partial charge in [-0.2, -0.15) is 0 Å². The number of nitrogens with two attached hydrogens (primary N) is 1. The second kappa shape index (κ2) is 13.1. The third kappa shape index (κ3) is 8.18. The van der Waals surface area contributed by atoms with E-state index in [1.54, 1.807) is 0 Å². The summed E-state index contributed by atoms with van der Waals surface area (Å²) in [7, 11) is 0. The van der Waals surface area contributed by atoms with Crippen molar-refractivity contribution in [2.45, 2.75) is 91.8 Å². The Balaban J connectivity index is 2.82. The molecule has 0 amide bonds. The molecule has 4 heteroatoms. The van der Waals surface area contributed by atoms with Gasteiger partial charge >= 0.3 is 0 Å². The molecule has 0 aliphatic carbocycles. The van der Waals surface area contributed by atoms with Crippen molar-refractivity contribution in [1.29, 1.82) is 0 Å². The van der Waals surface area contributed by atoms with Gasteiger partial charge in [0.05, 0.1) is 0 Å². The number of hydrogen-bond acceptors (Lipinski definition) is 4. The van der Waals surface area contributed by atoms with E-state index in [9.17, 15) is 4.79 Å². The highest BCUT2D eigenvalue weighted by atomic mass is 16.5. The summed E-state index contributed by atoms with van der Waals surface area (Å²) in [4.78, 5) is 14.6. The summed E-state index contributed by atoms with van der Waals surface area (Å²) in [6.45, 7) is 12.0. The van der Waals surface area contributed by atoms with E-state index < -0.39 is 0 Å². The van der Waals surface area contributed by atoms with Crippen LogP contribution in [0.2, 0.25) is 0 Å². The first-order valence-corrected chi connectivity index (χ1v) is 10.9. The average molecular weight is 379 g/mol. The molecule has 1 heterocycles. The van der Waals surface area contributed by atoms with Crippen LogP contribution < -0.4 is 5.73 Å². The lowest BCUT2D eigenvalue weighted by Gasteiger charge is -2.44. The fraction of sp³-hybridized carbons (Fsp3) is 0.783. The van der Waals surface area contributed by atoms with Gasteiger partial charge in [-0.1, -0.05) is 58.8 Å². The van der Waals surface area contributed by atoms with Gasteiger partial charge in [0.2, 0.25) is 0 Å². The predicted molar refractivity (Wildman–Crippen MR) is 114 cm³/mol. The Kier molecular flexibility index (Phi) is 11.6. The van der Waals surface area contributed by atoms with Crippen LogP contribution >= 0.6 is 0 Å². The number of carbonyl (C=O) groups excluding carboxylic acids is 1. The van der Waals surface area contributed by atoms with Gasteiger partial charge in [-0.25, -0.2) is 0 Å². The fourth-order valence-electron chi connectivity index (χ4n) is 3.83. The zero-order chi connectivity index (χ0) is 20.2.